The predicted molar refractivity (Wildman–Crippen MR) is 72.6 cm³/mol. The van der Waals surface area contributed by atoms with Crippen LogP contribution in [0, 0.1) is 5.92 Å². The maximum Gasteiger partial charge on any atom is 0.410 e. The van der Waals surface area contributed by atoms with Gasteiger partial charge in [-0.2, -0.15) is 0 Å². The van der Waals surface area contributed by atoms with Gasteiger partial charge in [-0.15, -0.1) is 0 Å². The van der Waals surface area contributed by atoms with Crippen LogP contribution in [0.2, 0.25) is 0 Å². The quantitative estimate of drug-likeness (QED) is 0.891. The van der Waals surface area contributed by atoms with Gasteiger partial charge in [0.1, 0.15) is 6.61 Å². The van der Waals surface area contributed by atoms with Gasteiger partial charge in [-0.05, 0) is 24.8 Å². The molecule has 1 amide bonds. The van der Waals surface area contributed by atoms with Crippen molar-refractivity contribution >= 4 is 6.09 Å². The monoisotopic (exact) mass is 263 g/mol. The fourth-order valence-electron chi connectivity index (χ4n) is 2.25. The highest BCUT2D eigenvalue weighted by atomic mass is 16.6. The third kappa shape index (κ3) is 3.47. The summed E-state index contributed by atoms with van der Waals surface area (Å²) in [6.07, 6.45) is 0.448. The van der Waals surface area contributed by atoms with Gasteiger partial charge in [0.15, 0.2) is 0 Å². The summed E-state index contributed by atoms with van der Waals surface area (Å²) in [6.45, 7) is 5.03. The van der Waals surface area contributed by atoms with Crippen LogP contribution in [0.1, 0.15) is 25.8 Å². The van der Waals surface area contributed by atoms with Crippen molar-refractivity contribution < 1.29 is 14.6 Å². The molecule has 4 heteroatoms. The lowest BCUT2D eigenvalue weighted by atomic mass is 9.84. The zero-order valence-electron chi connectivity index (χ0n) is 11.5. The lowest BCUT2D eigenvalue weighted by Gasteiger charge is -2.40. The average Bonchev–Trinajstić information content (AvgIpc) is 2.40. The highest BCUT2D eigenvalue weighted by Crippen LogP contribution is 2.27. The Morgan fingerprint density at radius 3 is 2.79 bits per heavy atom. The number of likely N-dealkylation sites (tertiary alicyclic amines) is 1. The zero-order valence-corrected chi connectivity index (χ0v) is 11.5. The molecule has 0 aromatic heterocycles. The second kappa shape index (κ2) is 5.61. The Labute approximate surface area is 114 Å². The molecular formula is C15H21NO3. The Bertz CT molecular complexity index is 430. The summed E-state index contributed by atoms with van der Waals surface area (Å²) in [5, 5.41) is 10.2. The van der Waals surface area contributed by atoms with Crippen molar-refractivity contribution in [3.05, 3.63) is 35.9 Å². The SMILES string of the molecule is C[C@H]1CCN(C(=O)OCc2ccccc2)C[C@]1(C)O. The largest absolute Gasteiger partial charge is 0.445 e. The topological polar surface area (TPSA) is 49.8 Å². The number of piperidine rings is 1. The summed E-state index contributed by atoms with van der Waals surface area (Å²) in [5.41, 5.74) is 0.136. The molecule has 1 aliphatic rings. The number of benzene rings is 1. The van der Waals surface area contributed by atoms with E-state index < -0.39 is 5.60 Å². The summed E-state index contributed by atoms with van der Waals surface area (Å²) < 4.78 is 5.27. The molecule has 0 saturated carbocycles. The van der Waals surface area contributed by atoms with Gasteiger partial charge in [0, 0.05) is 6.54 Å². The van der Waals surface area contributed by atoms with Crippen LogP contribution in [0.4, 0.5) is 4.79 Å². The second-order valence-corrected chi connectivity index (χ2v) is 5.51. The van der Waals surface area contributed by atoms with E-state index in [2.05, 4.69) is 0 Å². The standard InChI is InChI=1S/C15H21NO3/c1-12-8-9-16(11-15(12,2)18)14(17)19-10-13-6-4-3-5-7-13/h3-7,12,18H,8-11H2,1-2H3/t12-,15-/m0/s1. The number of amides is 1. The molecule has 1 aliphatic heterocycles. The number of β-amino-alcohol motifs (C(OH)–C–C–N with tert-alkyl or cyclic N) is 1. The third-order valence-electron chi connectivity index (χ3n) is 3.87. The molecule has 1 aromatic rings. The van der Waals surface area contributed by atoms with Gasteiger partial charge in [-0.25, -0.2) is 4.79 Å². The fourth-order valence-corrected chi connectivity index (χ4v) is 2.25. The van der Waals surface area contributed by atoms with Crippen molar-refractivity contribution in [1.82, 2.24) is 4.90 Å². The van der Waals surface area contributed by atoms with Crippen molar-refractivity contribution in [3.63, 3.8) is 0 Å². The smallest absolute Gasteiger partial charge is 0.410 e. The summed E-state index contributed by atoms with van der Waals surface area (Å²) in [6, 6.07) is 9.59. The minimum Gasteiger partial charge on any atom is -0.445 e. The highest BCUT2D eigenvalue weighted by molar-refractivity contribution is 5.68. The molecule has 0 unspecified atom stereocenters. The molecule has 1 aromatic carbocycles. The second-order valence-electron chi connectivity index (χ2n) is 5.51. The summed E-state index contributed by atoms with van der Waals surface area (Å²) >= 11 is 0. The van der Waals surface area contributed by atoms with E-state index in [1.165, 1.54) is 0 Å². The molecule has 1 saturated heterocycles. The van der Waals surface area contributed by atoms with Crippen LogP contribution < -0.4 is 0 Å². The number of aliphatic hydroxyl groups is 1. The van der Waals surface area contributed by atoms with Crippen LogP contribution in [0.3, 0.4) is 0 Å². The van der Waals surface area contributed by atoms with Gasteiger partial charge in [0.2, 0.25) is 0 Å². The van der Waals surface area contributed by atoms with Crippen molar-refractivity contribution in [2.45, 2.75) is 32.5 Å². The van der Waals surface area contributed by atoms with Gasteiger partial charge in [-0.3, -0.25) is 0 Å². The molecule has 0 aliphatic carbocycles. The number of ether oxygens (including phenoxy) is 1. The molecule has 1 fully saturated rings. The maximum absolute atomic E-state index is 12.0. The summed E-state index contributed by atoms with van der Waals surface area (Å²) in [5.74, 6) is 0.200. The van der Waals surface area contributed by atoms with Crippen LogP contribution in [-0.4, -0.2) is 34.8 Å². The molecule has 2 rings (SSSR count). The van der Waals surface area contributed by atoms with E-state index in [0.29, 0.717) is 13.1 Å². The Kier molecular flexibility index (Phi) is 4.10. The number of hydrogen-bond donors (Lipinski definition) is 1. The van der Waals surface area contributed by atoms with E-state index in [1.807, 2.05) is 37.3 Å². The molecule has 19 heavy (non-hydrogen) atoms. The Morgan fingerprint density at radius 1 is 1.47 bits per heavy atom. The maximum atomic E-state index is 12.0. The van der Waals surface area contributed by atoms with Crippen molar-refractivity contribution in [3.8, 4) is 0 Å². The normalized spacial score (nSPS) is 27.1. The summed E-state index contributed by atoms with van der Waals surface area (Å²) in [4.78, 5) is 13.5. The van der Waals surface area contributed by atoms with E-state index in [9.17, 15) is 9.90 Å². The van der Waals surface area contributed by atoms with Gasteiger partial charge in [-0.1, -0.05) is 37.3 Å². The number of carbonyl (C=O) groups is 1. The predicted octanol–water partition coefficient (Wildman–Crippen LogP) is 2.42. The number of hydrogen-bond acceptors (Lipinski definition) is 3. The van der Waals surface area contributed by atoms with Crippen LogP contribution >= 0.6 is 0 Å². The minimum absolute atomic E-state index is 0.200. The number of rotatable bonds is 2. The Hall–Kier alpha value is -1.55. The summed E-state index contributed by atoms with van der Waals surface area (Å²) in [7, 11) is 0. The molecule has 0 spiro atoms. The van der Waals surface area contributed by atoms with E-state index >= 15 is 0 Å². The molecular weight excluding hydrogens is 242 g/mol. The van der Waals surface area contributed by atoms with Crippen LogP contribution in [0.25, 0.3) is 0 Å². The average molecular weight is 263 g/mol. The van der Waals surface area contributed by atoms with E-state index in [1.54, 1.807) is 11.8 Å². The molecule has 0 radical (unpaired) electrons. The van der Waals surface area contributed by atoms with Crippen LogP contribution in [0.15, 0.2) is 30.3 Å². The van der Waals surface area contributed by atoms with E-state index in [-0.39, 0.29) is 18.6 Å². The molecule has 0 bridgehead atoms. The van der Waals surface area contributed by atoms with Crippen molar-refractivity contribution in [1.29, 1.82) is 0 Å². The number of nitrogens with zero attached hydrogens (tertiary/aromatic N) is 1. The lowest BCUT2D eigenvalue weighted by molar-refractivity contribution is -0.0540. The van der Waals surface area contributed by atoms with E-state index in [0.717, 1.165) is 12.0 Å². The Balaban J connectivity index is 1.87. The zero-order chi connectivity index (χ0) is 13.9. The molecule has 2 atom stereocenters. The van der Waals surface area contributed by atoms with Gasteiger partial charge in [0.25, 0.3) is 0 Å². The molecule has 1 heterocycles. The lowest BCUT2D eigenvalue weighted by Crippen LogP contribution is -2.53. The van der Waals surface area contributed by atoms with Crippen LogP contribution in [0.5, 0.6) is 0 Å². The first-order valence-corrected chi connectivity index (χ1v) is 6.67. The molecule has 4 nitrogen and oxygen atoms in total. The number of carbonyl (C=O) groups excluding carboxylic acids is 1. The minimum atomic E-state index is -0.829. The molecule has 1 N–H and O–H groups in total. The van der Waals surface area contributed by atoms with E-state index in [4.69, 9.17) is 4.74 Å². The third-order valence-corrected chi connectivity index (χ3v) is 3.87. The van der Waals surface area contributed by atoms with Crippen molar-refractivity contribution in [2.75, 3.05) is 13.1 Å². The van der Waals surface area contributed by atoms with Gasteiger partial charge < -0.3 is 14.7 Å². The first-order chi connectivity index (χ1) is 8.99. The highest BCUT2D eigenvalue weighted by Gasteiger charge is 2.37. The first kappa shape index (κ1) is 13.9. The Morgan fingerprint density at radius 2 is 2.16 bits per heavy atom. The van der Waals surface area contributed by atoms with Crippen LogP contribution in [-0.2, 0) is 11.3 Å². The molecule has 104 valence electrons. The fraction of sp³-hybridized carbons (Fsp3) is 0.533. The van der Waals surface area contributed by atoms with Crippen molar-refractivity contribution in [2.24, 2.45) is 5.92 Å². The van der Waals surface area contributed by atoms with Gasteiger partial charge in [0.05, 0.1) is 12.1 Å². The first-order valence-electron chi connectivity index (χ1n) is 6.67. The van der Waals surface area contributed by atoms with Gasteiger partial charge >= 0.3 is 6.09 Å².